The van der Waals surface area contributed by atoms with E-state index in [2.05, 4.69) is 5.32 Å². The summed E-state index contributed by atoms with van der Waals surface area (Å²) in [7, 11) is 0. The van der Waals surface area contributed by atoms with E-state index in [9.17, 15) is 5.11 Å². The summed E-state index contributed by atoms with van der Waals surface area (Å²) in [6.07, 6.45) is 9.20. The highest BCUT2D eigenvalue weighted by Gasteiger charge is 2.62. The molecule has 6 unspecified atom stereocenters. The van der Waals surface area contributed by atoms with Crippen molar-refractivity contribution in [2.45, 2.75) is 56.6 Å². The second kappa shape index (κ2) is 3.23. The van der Waals surface area contributed by atoms with Gasteiger partial charge in [-0.1, -0.05) is 6.42 Å². The minimum Gasteiger partial charge on any atom is -0.388 e. The smallest absolute Gasteiger partial charge is 0.0833 e. The Labute approximate surface area is 97.8 Å². The number of fused-ring (bicyclic) bond motifs is 5. The van der Waals surface area contributed by atoms with Crippen molar-refractivity contribution in [2.24, 2.45) is 23.7 Å². The Balaban J connectivity index is 1.62. The van der Waals surface area contributed by atoms with Gasteiger partial charge in [-0.3, -0.25) is 0 Å². The molecule has 2 heteroatoms. The van der Waals surface area contributed by atoms with E-state index in [4.69, 9.17) is 0 Å². The molecular formula is C14H23NO. The summed E-state index contributed by atoms with van der Waals surface area (Å²) in [6, 6.07) is 0.420. The Morgan fingerprint density at radius 1 is 1.06 bits per heavy atom. The highest BCUT2D eigenvalue weighted by atomic mass is 16.3. The van der Waals surface area contributed by atoms with Crippen LogP contribution < -0.4 is 5.32 Å². The van der Waals surface area contributed by atoms with Crippen molar-refractivity contribution in [3.8, 4) is 0 Å². The van der Waals surface area contributed by atoms with E-state index in [1.54, 1.807) is 0 Å². The Kier molecular flexibility index (Phi) is 2.00. The summed E-state index contributed by atoms with van der Waals surface area (Å²) in [5, 5.41) is 14.6. The lowest BCUT2D eigenvalue weighted by Crippen LogP contribution is -2.54. The van der Waals surface area contributed by atoms with Crippen molar-refractivity contribution in [1.29, 1.82) is 0 Å². The molecule has 0 aromatic rings. The molecule has 1 aliphatic heterocycles. The lowest BCUT2D eigenvalue weighted by Gasteiger charge is -2.43. The van der Waals surface area contributed by atoms with Crippen LogP contribution in [0.5, 0.6) is 0 Å². The van der Waals surface area contributed by atoms with Gasteiger partial charge in [-0.15, -0.1) is 0 Å². The molecule has 2 bridgehead atoms. The number of hydrogen-bond acceptors (Lipinski definition) is 2. The summed E-state index contributed by atoms with van der Waals surface area (Å²) in [5.74, 6) is 3.38. The van der Waals surface area contributed by atoms with Gasteiger partial charge in [-0.05, 0) is 68.7 Å². The standard InChI is InChI=1S/C14H23NO/c16-14(13-5-2-6-15-13)8-9-7-12(14)11-4-1-3-10(9)11/h9-13,15-16H,1-8H2. The van der Waals surface area contributed by atoms with Crippen molar-refractivity contribution in [3.63, 3.8) is 0 Å². The fourth-order valence-corrected chi connectivity index (χ4v) is 5.67. The Hall–Kier alpha value is -0.0800. The zero-order valence-corrected chi connectivity index (χ0v) is 9.99. The van der Waals surface area contributed by atoms with Crippen molar-refractivity contribution >= 4 is 0 Å². The van der Waals surface area contributed by atoms with E-state index in [0.717, 1.165) is 30.7 Å². The molecule has 0 spiro atoms. The predicted octanol–water partition coefficient (Wildman–Crippen LogP) is 1.93. The third-order valence-corrected chi connectivity index (χ3v) is 6.20. The molecule has 4 fully saturated rings. The number of rotatable bonds is 1. The predicted molar refractivity (Wildman–Crippen MR) is 63.0 cm³/mol. The minimum absolute atomic E-state index is 0.327. The molecule has 0 radical (unpaired) electrons. The fraction of sp³-hybridized carbons (Fsp3) is 1.00. The van der Waals surface area contributed by atoms with E-state index >= 15 is 0 Å². The van der Waals surface area contributed by atoms with Gasteiger partial charge < -0.3 is 10.4 Å². The van der Waals surface area contributed by atoms with E-state index in [-0.39, 0.29) is 5.60 Å². The van der Waals surface area contributed by atoms with Gasteiger partial charge in [0.1, 0.15) is 0 Å². The molecule has 16 heavy (non-hydrogen) atoms. The molecule has 2 N–H and O–H groups in total. The Morgan fingerprint density at radius 3 is 2.75 bits per heavy atom. The van der Waals surface area contributed by atoms with Gasteiger partial charge in [-0.2, -0.15) is 0 Å². The molecule has 2 nitrogen and oxygen atoms in total. The van der Waals surface area contributed by atoms with Crippen LogP contribution in [0.3, 0.4) is 0 Å². The highest BCUT2D eigenvalue weighted by molar-refractivity contribution is 5.14. The molecule has 90 valence electrons. The Morgan fingerprint density at radius 2 is 1.94 bits per heavy atom. The number of aliphatic hydroxyl groups is 1. The molecule has 6 atom stereocenters. The minimum atomic E-state index is -0.327. The highest BCUT2D eigenvalue weighted by Crippen LogP contribution is 2.63. The summed E-state index contributed by atoms with van der Waals surface area (Å²) in [6.45, 7) is 1.12. The molecule has 3 aliphatic carbocycles. The maximum atomic E-state index is 11.1. The lowest BCUT2D eigenvalue weighted by atomic mass is 9.69. The third-order valence-electron chi connectivity index (χ3n) is 6.20. The van der Waals surface area contributed by atoms with Crippen molar-refractivity contribution in [2.75, 3.05) is 6.54 Å². The van der Waals surface area contributed by atoms with Crippen molar-refractivity contribution < 1.29 is 5.11 Å². The normalized spacial score (nSPS) is 59.4. The van der Waals surface area contributed by atoms with E-state index < -0.39 is 0 Å². The maximum Gasteiger partial charge on any atom is 0.0833 e. The van der Waals surface area contributed by atoms with Gasteiger partial charge in [0.15, 0.2) is 0 Å². The largest absolute Gasteiger partial charge is 0.388 e. The van der Waals surface area contributed by atoms with E-state index in [1.807, 2.05) is 0 Å². The van der Waals surface area contributed by atoms with Crippen molar-refractivity contribution in [3.05, 3.63) is 0 Å². The fourth-order valence-electron chi connectivity index (χ4n) is 5.67. The number of hydrogen-bond donors (Lipinski definition) is 2. The van der Waals surface area contributed by atoms with Crippen LogP contribution in [0.25, 0.3) is 0 Å². The second-order valence-corrected chi connectivity index (χ2v) is 6.71. The van der Waals surface area contributed by atoms with Gasteiger partial charge in [0.25, 0.3) is 0 Å². The molecular weight excluding hydrogens is 198 g/mol. The summed E-state index contributed by atoms with van der Waals surface area (Å²) in [5.41, 5.74) is -0.327. The monoisotopic (exact) mass is 221 g/mol. The lowest BCUT2D eigenvalue weighted by molar-refractivity contribution is -0.0695. The first kappa shape index (κ1) is 9.90. The third kappa shape index (κ3) is 1.10. The summed E-state index contributed by atoms with van der Waals surface area (Å²) < 4.78 is 0. The van der Waals surface area contributed by atoms with Gasteiger partial charge in [0, 0.05) is 6.04 Å². The molecule has 4 rings (SSSR count). The molecule has 1 heterocycles. The SMILES string of the molecule is OC1(C2CCCN2)CC2CC1C1CCCC21. The first-order valence-corrected chi connectivity index (χ1v) is 7.25. The molecule has 3 saturated carbocycles. The molecule has 0 amide bonds. The zero-order valence-electron chi connectivity index (χ0n) is 9.99. The maximum absolute atomic E-state index is 11.1. The topological polar surface area (TPSA) is 32.3 Å². The Bertz CT molecular complexity index is 299. The summed E-state index contributed by atoms with van der Waals surface area (Å²) in [4.78, 5) is 0. The quantitative estimate of drug-likeness (QED) is 0.709. The summed E-state index contributed by atoms with van der Waals surface area (Å²) >= 11 is 0. The second-order valence-electron chi connectivity index (χ2n) is 6.71. The van der Waals surface area contributed by atoms with Gasteiger partial charge in [0.2, 0.25) is 0 Å². The van der Waals surface area contributed by atoms with Crippen LogP contribution in [0.1, 0.15) is 44.9 Å². The van der Waals surface area contributed by atoms with Crippen molar-refractivity contribution in [1.82, 2.24) is 5.32 Å². The van der Waals surface area contributed by atoms with Crippen LogP contribution in [0, 0.1) is 23.7 Å². The van der Waals surface area contributed by atoms with Gasteiger partial charge in [-0.25, -0.2) is 0 Å². The van der Waals surface area contributed by atoms with Crippen LogP contribution in [0.2, 0.25) is 0 Å². The first-order valence-electron chi connectivity index (χ1n) is 7.25. The number of nitrogens with one attached hydrogen (secondary N) is 1. The van der Waals surface area contributed by atoms with E-state index in [0.29, 0.717) is 12.0 Å². The van der Waals surface area contributed by atoms with Crippen LogP contribution in [-0.4, -0.2) is 23.3 Å². The zero-order chi connectivity index (χ0) is 10.8. The first-order chi connectivity index (χ1) is 7.79. The average molecular weight is 221 g/mol. The van der Waals surface area contributed by atoms with Gasteiger partial charge in [0.05, 0.1) is 5.60 Å². The van der Waals surface area contributed by atoms with E-state index in [1.165, 1.54) is 38.5 Å². The van der Waals surface area contributed by atoms with Crippen LogP contribution in [0.4, 0.5) is 0 Å². The molecule has 0 aromatic carbocycles. The van der Waals surface area contributed by atoms with Crippen LogP contribution in [-0.2, 0) is 0 Å². The van der Waals surface area contributed by atoms with Crippen LogP contribution >= 0.6 is 0 Å². The van der Waals surface area contributed by atoms with Crippen LogP contribution in [0.15, 0.2) is 0 Å². The van der Waals surface area contributed by atoms with Gasteiger partial charge >= 0.3 is 0 Å². The molecule has 4 aliphatic rings. The molecule has 0 aromatic heterocycles. The molecule has 1 saturated heterocycles. The average Bonchev–Trinajstić information content (AvgIpc) is 3.00.